The Bertz CT molecular complexity index is 1160. The van der Waals surface area contributed by atoms with E-state index >= 15 is 0 Å². The minimum absolute atomic E-state index is 0.0265. The van der Waals surface area contributed by atoms with Crippen LogP contribution in [0.3, 0.4) is 0 Å². The third-order valence-electron chi connectivity index (χ3n) is 3.93. The zero-order valence-electron chi connectivity index (χ0n) is 13.1. The van der Waals surface area contributed by atoms with Crippen LogP contribution >= 0.6 is 11.3 Å². The molecule has 0 saturated heterocycles. The van der Waals surface area contributed by atoms with Crippen molar-refractivity contribution in [2.45, 2.75) is 6.92 Å². The molecule has 0 fully saturated rings. The van der Waals surface area contributed by atoms with E-state index in [1.54, 1.807) is 23.5 Å². The number of nitrogens with one attached hydrogen (secondary N) is 1. The molecular formula is C17H12N4O3S. The molecule has 7 nitrogen and oxygen atoms in total. The van der Waals surface area contributed by atoms with Crippen LogP contribution in [0.15, 0.2) is 52.6 Å². The van der Waals surface area contributed by atoms with Crippen LogP contribution in [0.25, 0.3) is 27.3 Å². The van der Waals surface area contributed by atoms with E-state index in [1.807, 2.05) is 24.4 Å². The first-order valence-electron chi connectivity index (χ1n) is 7.46. The van der Waals surface area contributed by atoms with Crippen LogP contribution in [0.2, 0.25) is 0 Å². The highest BCUT2D eigenvalue weighted by atomic mass is 32.1. The molecule has 1 aromatic carbocycles. The molecule has 25 heavy (non-hydrogen) atoms. The predicted molar refractivity (Wildman–Crippen MR) is 96.0 cm³/mol. The van der Waals surface area contributed by atoms with Gasteiger partial charge in [0, 0.05) is 28.6 Å². The van der Waals surface area contributed by atoms with Crippen molar-refractivity contribution >= 4 is 22.7 Å². The molecule has 0 saturated carbocycles. The van der Waals surface area contributed by atoms with Gasteiger partial charge in [-0.2, -0.15) is 9.61 Å². The van der Waals surface area contributed by atoms with Crippen molar-refractivity contribution in [1.82, 2.24) is 14.6 Å². The van der Waals surface area contributed by atoms with E-state index in [-0.39, 0.29) is 11.2 Å². The van der Waals surface area contributed by atoms with Crippen molar-refractivity contribution in [2.24, 2.45) is 0 Å². The number of fused-ring (bicyclic) bond motifs is 1. The van der Waals surface area contributed by atoms with Gasteiger partial charge in [-0.25, -0.2) is 0 Å². The Balaban J connectivity index is 1.98. The van der Waals surface area contributed by atoms with Crippen LogP contribution in [0.1, 0.15) is 5.69 Å². The second kappa shape index (κ2) is 5.67. The van der Waals surface area contributed by atoms with Crippen molar-refractivity contribution in [3.05, 3.63) is 74.0 Å². The first kappa shape index (κ1) is 15.3. The minimum atomic E-state index is -0.458. The molecule has 0 aliphatic heterocycles. The second-order valence-corrected chi connectivity index (χ2v) is 6.47. The van der Waals surface area contributed by atoms with Gasteiger partial charge in [0.15, 0.2) is 0 Å². The molecule has 0 amide bonds. The molecule has 0 aliphatic carbocycles. The Morgan fingerprint density at radius 3 is 2.80 bits per heavy atom. The summed E-state index contributed by atoms with van der Waals surface area (Å²) in [4.78, 5) is 27.2. The van der Waals surface area contributed by atoms with Gasteiger partial charge in [-0.1, -0.05) is 18.2 Å². The van der Waals surface area contributed by atoms with Gasteiger partial charge in [0.05, 0.1) is 21.9 Å². The Morgan fingerprint density at radius 2 is 2.08 bits per heavy atom. The van der Waals surface area contributed by atoms with Gasteiger partial charge in [-0.05, 0) is 18.4 Å². The zero-order chi connectivity index (χ0) is 17.6. The van der Waals surface area contributed by atoms with Gasteiger partial charge in [0.1, 0.15) is 5.65 Å². The maximum Gasteiger partial charge on any atom is 0.274 e. The van der Waals surface area contributed by atoms with Crippen LogP contribution in [0.5, 0.6) is 0 Å². The molecule has 4 rings (SSSR count). The third kappa shape index (κ3) is 2.52. The molecule has 3 aromatic heterocycles. The Morgan fingerprint density at radius 1 is 1.24 bits per heavy atom. The highest BCUT2D eigenvalue weighted by Gasteiger charge is 2.16. The fourth-order valence-corrected chi connectivity index (χ4v) is 3.63. The number of aromatic nitrogens is 3. The van der Waals surface area contributed by atoms with Gasteiger partial charge < -0.3 is 4.98 Å². The van der Waals surface area contributed by atoms with Crippen LogP contribution < -0.4 is 5.56 Å². The average Bonchev–Trinajstić information content (AvgIpc) is 3.22. The lowest BCUT2D eigenvalue weighted by atomic mass is 10.1. The normalized spacial score (nSPS) is 11.1. The first-order chi connectivity index (χ1) is 12.0. The molecule has 0 aliphatic rings. The lowest BCUT2D eigenvalue weighted by Gasteiger charge is -2.04. The van der Waals surface area contributed by atoms with Crippen LogP contribution in [-0.4, -0.2) is 19.5 Å². The molecular weight excluding hydrogens is 340 g/mol. The highest BCUT2D eigenvalue weighted by Crippen LogP contribution is 2.31. The maximum atomic E-state index is 12.5. The number of nitrogens with zero attached hydrogens (tertiary/aromatic N) is 3. The molecule has 0 spiro atoms. The van der Waals surface area contributed by atoms with E-state index < -0.39 is 4.92 Å². The fraction of sp³-hybridized carbons (Fsp3) is 0.0588. The van der Waals surface area contributed by atoms with E-state index in [1.165, 1.54) is 22.7 Å². The third-order valence-corrected chi connectivity index (χ3v) is 4.81. The maximum absolute atomic E-state index is 12.5. The summed E-state index contributed by atoms with van der Waals surface area (Å²) in [5.41, 5.74) is 2.95. The summed E-state index contributed by atoms with van der Waals surface area (Å²) in [6.07, 6.45) is 0. The summed E-state index contributed by atoms with van der Waals surface area (Å²) in [6, 6.07) is 11.5. The van der Waals surface area contributed by atoms with Crippen LogP contribution in [0, 0.1) is 17.0 Å². The van der Waals surface area contributed by atoms with Crippen LogP contribution in [-0.2, 0) is 0 Å². The number of hydrogen-bond donors (Lipinski definition) is 1. The number of nitro groups is 1. The molecule has 0 atom stereocenters. The van der Waals surface area contributed by atoms with Gasteiger partial charge in [0.2, 0.25) is 0 Å². The summed E-state index contributed by atoms with van der Waals surface area (Å²) >= 11 is 1.56. The largest absolute Gasteiger partial charge is 0.339 e. The fourth-order valence-electron chi connectivity index (χ4n) is 2.81. The number of rotatable bonds is 3. The monoisotopic (exact) mass is 352 g/mol. The number of non-ortho nitro benzene ring substituents is 1. The Kier molecular flexibility index (Phi) is 3.47. The Labute approximate surface area is 145 Å². The predicted octanol–water partition coefficient (Wildman–Crippen LogP) is 3.63. The van der Waals surface area contributed by atoms with Crippen molar-refractivity contribution < 1.29 is 4.92 Å². The highest BCUT2D eigenvalue weighted by molar-refractivity contribution is 7.13. The standard InChI is InChI=1S/C17H12N4O3S/c1-10-16(14-6-3-7-25-14)17-18-13(9-15(22)20(17)19-10)11-4-2-5-12(8-11)21(23)24/h2-9,18H,1H3. The molecule has 0 bridgehead atoms. The first-order valence-corrected chi connectivity index (χ1v) is 8.34. The minimum Gasteiger partial charge on any atom is -0.339 e. The molecule has 0 unspecified atom stereocenters. The molecule has 1 N–H and O–H groups in total. The number of thiophene rings is 1. The van der Waals surface area contributed by atoms with Crippen molar-refractivity contribution in [1.29, 1.82) is 0 Å². The summed E-state index contributed by atoms with van der Waals surface area (Å²) in [7, 11) is 0. The topological polar surface area (TPSA) is 93.3 Å². The van der Waals surface area contributed by atoms with E-state index in [0.29, 0.717) is 16.9 Å². The van der Waals surface area contributed by atoms with Crippen molar-refractivity contribution in [2.75, 3.05) is 0 Å². The number of aromatic amines is 1. The molecule has 4 aromatic rings. The number of hydrogen-bond acceptors (Lipinski definition) is 5. The van der Waals surface area contributed by atoms with Gasteiger partial charge in [0.25, 0.3) is 11.2 Å². The number of benzene rings is 1. The van der Waals surface area contributed by atoms with E-state index in [4.69, 9.17) is 0 Å². The summed E-state index contributed by atoms with van der Waals surface area (Å²) in [5, 5.41) is 17.3. The second-order valence-electron chi connectivity index (χ2n) is 5.53. The smallest absolute Gasteiger partial charge is 0.274 e. The molecule has 124 valence electrons. The summed E-state index contributed by atoms with van der Waals surface area (Å²) in [6.45, 7) is 1.85. The molecule has 3 heterocycles. The van der Waals surface area contributed by atoms with E-state index in [9.17, 15) is 14.9 Å². The SMILES string of the molecule is Cc1nn2c(=O)cc(-c3cccc([N+](=O)[O-])c3)[nH]c2c1-c1cccs1. The number of aryl methyl sites for hydroxylation is 1. The molecule has 8 heteroatoms. The zero-order valence-corrected chi connectivity index (χ0v) is 13.9. The lowest BCUT2D eigenvalue weighted by molar-refractivity contribution is -0.384. The quantitative estimate of drug-likeness (QED) is 0.450. The van der Waals surface area contributed by atoms with Gasteiger partial charge in [-0.15, -0.1) is 11.3 Å². The van der Waals surface area contributed by atoms with Crippen molar-refractivity contribution in [3.63, 3.8) is 0 Å². The van der Waals surface area contributed by atoms with Crippen molar-refractivity contribution in [3.8, 4) is 21.7 Å². The van der Waals surface area contributed by atoms with Gasteiger partial charge >= 0.3 is 0 Å². The summed E-state index contributed by atoms with van der Waals surface area (Å²) < 4.78 is 1.32. The lowest BCUT2D eigenvalue weighted by Crippen LogP contribution is -2.14. The van der Waals surface area contributed by atoms with Crippen LogP contribution in [0.4, 0.5) is 5.69 Å². The van der Waals surface area contributed by atoms with Gasteiger partial charge in [-0.3, -0.25) is 14.9 Å². The Hall–Kier alpha value is -3.26. The number of nitro benzene ring substituents is 1. The molecule has 0 radical (unpaired) electrons. The number of H-pyrrole nitrogens is 1. The van der Waals surface area contributed by atoms with E-state index in [0.717, 1.165) is 16.1 Å². The summed E-state index contributed by atoms with van der Waals surface area (Å²) in [5.74, 6) is 0. The van der Waals surface area contributed by atoms with E-state index in [2.05, 4.69) is 10.1 Å². The average molecular weight is 352 g/mol.